The third-order valence-electron chi connectivity index (χ3n) is 6.72. The molecule has 0 atom stereocenters. The maximum atomic E-state index is 15.1. The minimum atomic E-state index is -4.88. The Morgan fingerprint density at radius 1 is 0.725 bits per heavy atom. The summed E-state index contributed by atoms with van der Waals surface area (Å²) >= 11 is 0. The Morgan fingerprint density at radius 2 is 1.40 bits per heavy atom. The first kappa shape index (κ1) is 29.1. The molecule has 208 valence electrons. The average Bonchev–Trinajstić information content (AvgIpc) is 2.93. The van der Waals surface area contributed by atoms with Crippen molar-refractivity contribution >= 4 is 12.2 Å². The lowest BCUT2D eigenvalue weighted by atomic mass is 9.97. The molecule has 0 aliphatic carbocycles. The molecule has 0 radical (unpaired) electrons. The molecule has 0 fully saturated rings. The van der Waals surface area contributed by atoms with Gasteiger partial charge >= 0.3 is 6.18 Å². The van der Waals surface area contributed by atoms with Gasteiger partial charge in [-0.05, 0) is 65.3 Å². The van der Waals surface area contributed by atoms with E-state index in [9.17, 15) is 17.6 Å². The van der Waals surface area contributed by atoms with E-state index in [2.05, 4.69) is 6.92 Å². The summed E-state index contributed by atoms with van der Waals surface area (Å²) < 4.78 is 75.3. The Bertz CT molecular complexity index is 1450. The summed E-state index contributed by atoms with van der Waals surface area (Å²) in [6.07, 6.45) is 2.33. The van der Waals surface area contributed by atoms with Crippen LogP contribution < -0.4 is 4.74 Å². The van der Waals surface area contributed by atoms with Crippen molar-refractivity contribution in [3.8, 4) is 28.0 Å². The Hall–Kier alpha value is -3.93. The summed E-state index contributed by atoms with van der Waals surface area (Å²) in [6, 6.07) is 22.4. The topological polar surface area (TPSA) is 9.23 Å². The van der Waals surface area contributed by atoms with Crippen LogP contribution in [0.4, 0.5) is 22.0 Å². The summed E-state index contributed by atoms with van der Waals surface area (Å²) in [6.45, 7) is 3.79. The zero-order valence-electron chi connectivity index (χ0n) is 22.5. The van der Waals surface area contributed by atoms with Gasteiger partial charge in [-0.1, -0.05) is 98.6 Å². The van der Waals surface area contributed by atoms with Gasteiger partial charge in [-0.3, -0.25) is 0 Å². The van der Waals surface area contributed by atoms with Gasteiger partial charge in [0.2, 0.25) is 0 Å². The molecule has 40 heavy (non-hydrogen) atoms. The van der Waals surface area contributed by atoms with Crippen molar-refractivity contribution in [1.29, 1.82) is 0 Å². The maximum absolute atomic E-state index is 15.1. The van der Waals surface area contributed by atoms with E-state index in [4.69, 9.17) is 4.74 Å². The molecule has 0 bridgehead atoms. The average molecular weight is 551 g/mol. The highest BCUT2D eigenvalue weighted by atomic mass is 19.4. The highest BCUT2D eigenvalue weighted by molar-refractivity contribution is 5.75. The van der Waals surface area contributed by atoms with E-state index in [1.807, 2.05) is 30.3 Å². The summed E-state index contributed by atoms with van der Waals surface area (Å²) in [5.74, 6) is -2.20. The highest BCUT2D eigenvalue weighted by Crippen LogP contribution is 2.38. The van der Waals surface area contributed by atoms with Gasteiger partial charge < -0.3 is 4.74 Å². The lowest BCUT2D eigenvalue weighted by Crippen LogP contribution is -2.12. The third-order valence-corrected chi connectivity index (χ3v) is 6.72. The van der Waals surface area contributed by atoms with Gasteiger partial charge in [-0.2, -0.15) is 13.2 Å². The number of rotatable bonds is 10. The molecule has 4 rings (SSSR count). The molecule has 0 aliphatic heterocycles. The van der Waals surface area contributed by atoms with Crippen molar-refractivity contribution in [3.63, 3.8) is 0 Å². The number of ether oxygens (including phenoxy) is 1. The molecule has 0 saturated carbocycles. The van der Waals surface area contributed by atoms with Crippen LogP contribution in [0.1, 0.15) is 55.4 Å². The van der Waals surface area contributed by atoms with E-state index in [1.165, 1.54) is 48.8 Å². The van der Waals surface area contributed by atoms with Gasteiger partial charge in [-0.15, -0.1) is 0 Å². The number of benzene rings is 4. The standard InChI is InChI=1S/C34H31F5O/c1-3-5-6-7-23-10-15-26(16-11-23)29-20-18-28(22-30(29)35)25-13-8-24(9-14-25)12-17-27-19-21-31(40-4-2)33(36)32(27)34(37,38)39/h8-22H,3-7H2,1-2H3. The molecule has 1 nitrogen and oxygen atoms in total. The quantitative estimate of drug-likeness (QED) is 0.108. The largest absolute Gasteiger partial charge is 0.491 e. The van der Waals surface area contributed by atoms with Crippen molar-refractivity contribution in [2.24, 2.45) is 0 Å². The maximum Gasteiger partial charge on any atom is 0.419 e. The van der Waals surface area contributed by atoms with E-state index in [1.54, 1.807) is 37.3 Å². The SMILES string of the molecule is CCCCCc1ccc(-c2ccc(-c3ccc(C=Cc4ccc(OCC)c(F)c4C(F)(F)F)cc3)cc2F)cc1. The summed E-state index contributed by atoms with van der Waals surface area (Å²) in [7, 11) is 0. The molecular formula is C34H31F5O. The van der Waals surface area contributed by atoms with Crippen LogP contribution in [-0.2, 0) is 12.6 Å². The normalized spacial score (nSPS) is 11.8. The predicted octanol–water partition coefficient (Wildman–Crippen LogP) is 10.6. The molecule has 0 N–H and O–H groups in total. The fraction of sp³-hybridized carbons (Fsp3) is 0.235. The molecule has 0 heterocycles. The highest BCUT2D eigenvalue weighted by Gasteiger charge is 2.37. The predicted molar refractivity (Wildman–Crippen MR) is 152 cm³/mol. The molecule has 4 aromatic carbocycles. The molecule has 4 aromatic rings. The molecular weight excluding hydrogens is 519 g/mol. The lowest BCUT2D eigenvalue weighted by Gasteiger charge is -2.14. The number of hydrogen-bond donors (Lipinski definition) is 0. The van der Waals surface area contributed by atoms with Crippen molar-refractivity contribution < 1.29 is 26.7 Å². The molecule has 0 unspecified atom stereocenters. The van der Waals surface area contributed by atoms with Gasteiger partial charge in [0.25, 0.3) is 0 Å². The smallest absolute Gasteiger partial charge is 0.419 e. The lowest BCUT2D eigenvalue weighted by molar-refractivity contribution is -0.140. The molecule has 6 heteroatoms. The summed E-state index contributed by atoms with van der Waals surface area (Å²) in [5.41, 5.74) is 2.96. The minimum Gasteiger partial charge on any atom is -0.491 e. The third kappa shape index (κ3) is 6.98. The van der Waals surface area contributed by atoms with Crippen molar-refractivity contribution in [1.82, 2.24) is 0 Å². The summed E-state index contributed by atoms with van der Waals surface area (Å²) in [4.78, 5) is 0. The fourth-order valence-corrected chi connectivity index (χ4v) is 4.60. The van der Waals surface area contributed by atoms with Crippen LogP contribution in [-0.4, -0.2) is 6.61 Å². The van der Waals surface area contributed by atoms with E-state index in [-0.39, 0.29) is 18.0 Å². The van der Waals surface area contributed by atoms with Crippen LogP contribution >= 0.6 is 0 Å². The van der Waals surface area contributed by atoms with E-state index in [0.29, 0.717) is 16.7 Å². The number of unbranched alkanes of at least 4 members (excludes halogenated alkanes) is 2. The zero-order valence-corrected chi connectivity index (χ0v) is 22.5. The van der Waals surface area contributed by atoms with Crippen molar-refractivity contribution in [2.75, 3.05) is 6.61 Å². The Kier molecular flexibility index (Phi) is 9.41. The molecule has 0 aliphatic rings. The fourth-order valence-electron chi connectivity index (χ4n) is 4.60. The zero-order chi connectivity index (χ0) is 28.7. The molecule has 0 amide bonds. The molecule has 0 saturated heterocycles. The monoisotopic (exact) mass is 550 g/mol. The van der Waals surface area contributed by atoms with Gasteiger partial charge in [-0.25, -0.2) is 8.78 Å². The Morgan fingerprint density at radius 3 is 2.02 bits per heavy atom. The molecule has 0 aromatic heterocycles. The number of alkyl halides is 3. The van der Waals surface area contributed by atoms with E-state index in [0.717, 1.165) is 24.0 Å². The first-order valence-electron chi connectivity index (χ1n) is 13.4. The number of hydrogen-bond acceptors (Lipinski definition) is 1. The Labute approximate surface area is 232 Å². The Balaban J connectivity index is 1.51. The second-order valence-electron chi connectivity index (χ2n) is 9.58. The van der Waals surface area contributed by atoms with Gasteiger partial charge in [0.1, 0.15) is 11.4 Å². The van der Waals surface area contributed by atoms with Crippen molar-refractivity contribution in [2.45, 2.75) is 45.7 Å². The minimum absolute atomic E-state index is 0.0503. The molecule has 0 spiro atoms. The van der Waals surface area contributed by atoms with Crippen LogP contribution in [0.2, 0.25) is 0 Å². The first-order valence-corrected chi connectivity index (χ1v) is 13.4. The van der Waals surface area contributed by atoms with Crippen LogP contribution in [0.3, 0.4) is 0 Å². The van der Waals surface area contributed by atoms with E-state index >= 15 is 4.39 Å². The van der Waals surface area contributed by atoms with Gasteiger partial charge in [0.15, 0.2) is 11.6 Å². The van der Waals surface area contributed by atoms with Crippen LogP contribution in [0, 0.1) is 11.6 Å². The second-order valence-corrected chi connectivity index (χ2v) is 9.58. The second kappa shape index (κ2) is 12.9. The number of aryl methyl sites for hydroxylation is 1. The summed E-state index contributed by atoms with van der Waals surface area (Å²) in [5, 5.41) is 0. The van der Waals surface area contributed by atoms with Crippen molar-refractivity contribution in [3.05, 3.63) is 113 Å². The number of halogens is 5. The van der Waals surface area contributed by atoms with Crippen LogP contribution in [0.15, 0.2) is 78.9 Å². The van der Waals surface area contributed by atoms with Crippen LogP contribution in [0.25, 0.3) is 34.4 Å². The first-order chi connectivity index (χ1) is 19.2. The van der Waals surface area contributed by atoms with Gasteiger partial charge in [0.05, 0.1) is 6.61 Å². The van der Waals surface area contributed by atoms with Crippen LogP contribution in [0.5, 0.6) is 5.75 Å². The van der Waals surface area contributed by atoms with E-state index < -0.39 is 23.3 Å². The van der Waals surface area contributed by atoms with Gasteiger partial charge in [0, 0.05) is 5.56 Å².